The van der Waals surface area contributed by atoms with Crippen LogP contribution < -0.4 is 0 Å². The molecule has 0 spiro atoms. The Morgan fingerprint density at radius 2 is 0.513 bits per heavy atom. The highest BCUT2D eigenvalue weighted by atomic mass is 16.6. The van der Waals surface area contributed by atoms with Crippen LogP contribution in [-0.4, -0.2) is 37.2 Å². The molecule has 76 heavy (non-hydrogen) atoms. The summed E-state index contributed by atoms with van der Waals surface area (Å²) in [4.78, 5) is 38.3. The van der Waals surface area contributed by atoms with Crippen LogP contribution in [0.1, 0.15) is 310 Å². The largest absolute Gasteiger partial charge is 0.462 e. The monoisotopic (exact) mass is 1060 g/mol. The highest BCUT2D eigenvalue weighted by molar-refractivity contribution is 5.71. The van der Waals surface area contributed by atoms with Gasteiger partial charge in [-0.2, -0.15) is 0 Å². The van der Waals surface area contributed by atoms with Gasteiger partial charge in [-0.25, -0.2) is 0 Å². The second-order valence-electron chi connectivity index (χ2n) is 21.3. The summed E-state index contributed by atoms with van der Waals surface area (Å²) in [7, 11) is 0. The van der Waals surface area contributed by atoms with Crippen LogP contribution >= 0.6 is 0 Å². The molecule has 436 valence electrons. The number of unbranched alkanes of at least 4 members (excludes halogenated alkanes) is 31. The minimum Gasteiger partial charge on any atom is -0.462 e. The minimum atomic E-state index is -0.790. The van der Waals surface area contributed by atoms with Gasteiger partial charge in [-0.15, -0.1) is 0 Å². The summed E-state index contributed by atoms with van der Waals surface area (Å²) in [6.07, 6.45) is 85.5. The Bertz CT molecular complexity index is 1490. The number of hydrogen-bond donors (Lipinski definition) is 0. The molecule has 0 bridgehead atoms. The molecular weight excluding hydrogens is 937 g/mol. The number of ether oxygens (including phenoxy) is 3. The first-order chi connectivity index (χ1) is 37.5. The number of hydrogen-bond acceptors (Lipinski definition) is 6. The molecule has 0 aromatic carbocycles. The van der Waals surface area contributed by atoms with Crippen molar-refractivity contribution in [2.75, 3.05) is 13.2 Å². The van der Waals surface area contributed by atoms with Crippen LogP contribution in [0.5, 0.6) is 0 Å². The van der Waals surface area contributed by atoms with Crippen LogP contribution in [-0.2, 0) is 28.6 Å². The zero-order valence-electron chi connectivity index (χ0n) is 50.0. The van der Waals surface area contributed by atoms with Crippen molar-refractivity contribution in [1.29, 1.82) is 0 Å². The molecule has 0 aliphatic heterocycles. The van der Waals surface area contributed by atoms with Gasteiger partial charge in [0.05, 0.1) is 0 Å². The van der Waals surface area contributed by atoms with E-state index in [1.54, 1.807) is 0 Å². The number of carbonyl (C=O) groups is 3. The van der Waals surface area contributed by atoms with Gasteiger partial charge in [0.25, 0.3) is 0 Å². The maximum absolute atomic E-state index is 12.9. The summed E-state index contributed by atoms with van der Waals surface area (Å²) >= 11 is 0. The van der Waals surface area contributed by atoms with E-state index in [4.69, 9.17) is 14.2 Å². The number of carbonyl (C=O) groups excluding carboxylic acids is 3. The fourth-order valence-electron chi connectivity index (χ4n) is 8.97. The lowest BCUT2D eigenvalue weighted by Crippen LogP contribution is -2.30. The van der Waals surface area contributed by atoms with Crippen molar-refractivity contribution in [2.24, 2.45) is 0 Å². The lowest BCUT2D eigenvalue weighted by atomic mass is 10.0. The molecule has 0 aromatic rings. The molecule has 0 aromatic heterocycles. The van der Waals surface area contributed by atoms with Gasteiger partial charge in [-0.1, -0.05) is 266 Å². The lowest BCUT2D eigenvalue weighted by molar-refractivity contribution is -0.167. The molecule has 0 radical (unpaired) electrons. The summed E-state index contributed by atoms with van der Waals surface area (Å²) in [6.45, 7) is 6.49. The Morgan fingerprint density at radius 1 is 0.276 bits per heavy atom. The third-order valence-electron chi connectivity index (χ3n) is 13.8. The zero-order chi connectivity index (χ0) is 55.0. The minimum absolute atomic E-state index is 0.0855. The summed E-state index contributed by atoms with van der Waals surface area (Å²) in [5.74, 6) is -0.899. The molecule has 0 N–H and O–H groups in total. The molecule has 0 saturated carbocycles. The summed E-state index contributed by atoms with van der Waals surface area (Å²) < 4.78 is 16.9. The van der Waals surface area contributed by atoms with E-state index in [2.05, 4.69) is 118 Å². The fourth-order valence-corrected chi connectivity index (χ4v) is 8.97. The van der Waals surface area contributed by atoms with Crippen molar-refractivity contribution in [3.8, 4) is 0 Å². The summed E-state index contributed by atoms with van der Waals surface area (Å²) in [5, 5.41) is 0. The Labute approximate surface area is 470 Å². The summed E-state index contributed by atoms with van der Waals surface area (Å²) in [6, 6.07) is 0. The van der Waals surface area contributed by atoms with E-state index >= 15 is 0 Å². The van der Waals surface area contributed by atoms with Crippen LogP contribution in [0.4, 0.5) is 0 Å². The average Bonchev–Trinajstić information content (AvgIpc) is 3.42. The molecule has 0 heterocycles. The van der Waals surface area contributed by atoms with E-state index in [0.717, 1.165) is 116 Å². The standard InChI is InChI=1S/C70H120O6/c1-4-7-10-13-16-19-22-25-28-31-32-33-34-35-36-37-38-40-42-45-48-51-54-57-60-63-69(72)75-66-67(65-74-68(71)62-59-56-53-50-47-44-41-30-27-24-21-18-15-12-9-6-3)76-70(73)64-61-58-55-52-49-46-43-39-29-26-23-20-17-14-11-8-5-2/h7,10,16-17,19-21,24-26,28-30,32-33,41,67H,4-6,8-9,11-15,18,22-23,27,31,34-40,42-66H2,1-3H3/b10-7-,19-16-,20-17-,24-21-,28-25-,29-26-,33-32-,41-30-. The van der Waals surface area contributed by atoms with Crippen molar-refractivity contribution in [2.45, 2.75) is 316 Å². The van der Waals surface area contributed by atoms with Crippen molar-refractivity contribution in [1.82, 2.24) is 0 Å². The van der Waals surface area contributed by atoms with Crippen molar-refractivity contribution in [3.05, 3.63) is 97.2 Å². The second-order valence-corrected chi connectivity index (χ2v) is 21.3. The molecule has 0 aliphatic carbocycles. The van der Waals surface area contributed by atoms with E-state index in [0.29, 0.717) is 19.3 Å². The third-order valence-corrected chi connectivity index (χ3v) is 13.8. The Hall–Kier alpha value is -3.67. The van der Waals surface area contributed by atoms with E-state index in [1.165, 1.54) is 154 Å². The predicted molar refractivity (Wildman–Crippen MR) is 330 cm³/mol. The van der Waals surface area contributed by atoms with Gasteiger partial charge < -0.3 is 14.2 Å². The fraction of sp³-hybridized carbons (Fsp3) is 0.729. The molecule has 1 atom stereocenters. The van der Waals surface area contributed by atoms with Crippen LogP contribution in [0.15, 0.2) is 97.2 Å². The first-order valence-corrected chi connectivity index (χ1v) is 32.2. The summed E-state index contributed by atoms with van der Waals surface area (Å²) in [5.41, 5.74) is 0. The van der Waals surface area contributed by atoms with Crippen LogP contribution in [0.3, 0.4) is 0 Å². The lowest BCUT2D eigenvalue weighted by Gasteiger charge is -2.18. The molecule has 0 amide bonds. The average molecular weight is 1060 g/mol. The molecule has 6 heteroatoms. The van der Waals surface area contributed by atoms with Gasteiger partial charge in [0.1, 0.15) is 13.2 Å². The van der Waals surface area contributed by atoms with Crippen molar-refractivity contribution >= 4 is 17.9 Å². The van der Waals surface area contributed by atoms with Crippen molar-refractivity contribution in [3.63, 3.8) is 0 Å². The van der Waals surface area contributed by atoms with Gasteiger partial charge in [-0.05, 0) is 122 Å². The maximum Gasteiger partial charge on any atom is 0.306 e. The Balaban J connectivity index is 4.36. The van der Waals surface area contributed by atoms with Gasteiger partial charge in [0.15, 0.2) is 6.10 Å². The highest BCUT2D eigenvalue weighted by Crippen LogP contribution is 2.16. The Kier molecular flexibility index (Phi) is 60.8. The molecular formula is C70H120O6. The smallest absolute Gasteiger partial charge is 0.306 e. The topological polar surface area (TPSA) is 78.9 Å². The van der Waals surface area contributed by atoms with Crippen LogP contribution in [0.2, 0.25) is 0 Å². The van der Waals surface area contributed by atoms with E-state index in [-0.39, 0.29) is 31.1 Å². The normalized spacial score (nSPS) is 12.7. The van der Waals surface area contributed by atoms with E-state index < -0.39 is 6.10 Å². The molecule has 1 unspecified atom stereocenters. The van der Waals surface area contributed by atoms with Gasteiger partial charge in [0, 0.05) is 19.3 Å². The zero-order valence-corrected chi connectivity index (χ0v) is 50.0. The molecule has 0 rings (SSSR count). The quantitative estimate of drug-likeness (QED) is 0.0261. The molecule has 0 saturated heterocycles. The van der Waals surface area contributed by atoms with Crippen LogP contribution in [0.25, 0.3) is 0 Å². The predicted octanol–water partition coefficient (Wildman–Crippen LogP) is 22.0. The van der Waals surface area contributed by atoms with E-state index in [9.17, 15) is 14.4 Å². The first-order valence-electron chi connectivity index (χ1n) is 32.2. The number of allylic oxidation sites excluding steroid dienone is 16. The Morgan fingerprint density at radius 3 is 0.829 bits per heavy atom. The van der Waals surface area contributed by atoms with Gasteiger partial charge >= 0.3 is 17.9 Å². The highest BCUT2D eigenvalue weighted by Gasteiger charge is 2.19. The maximum atomic E-state index is 12.9. The first kappa shape index (κ1) is 72.3. The van der Waals surface area contributed by atoms with Gasteiger partial charge in [-0.3, -0.25) is 14.4 Å². The number of esters is 3. The number of rotatable bonds is 58. The SMILES string of the molecule is CC/C=C\C/C=C\C/C=C\C/C=C\CCCCCCCCCCCCCCC(=O)OCC(COC(=O)CCCCCCC/C=C\C/C=C\CCCCCC)OC(=O)CCCCCCCCC/C=C\C/C=C\CCCCC. The molecule has 0 fully saturated rings. The van der Waals surface area contributed by atoms with Crippen LogP contribution in [0, 0.1) is 0 Å². The third kappa shape index (κ3) is 61.2. The van der Waals surface area contributed by atoms with Crippen molar-refractivity contribution < 1.29 is 28.6 Å². The van der Waals surface area contributed by atoms with E-state index in [1.807, 2.05) is 0 Å². The molecule has 0 aliphatic rings. The molecule has 6 nitrogen and oxygen atoms in total. The second kappa shape index (κ2) is 63.9. The van der Waals surface area contributed by atoms with Gasteiger partial charge in [0.2, 0.25) is 0 Å².